The first-order valence-electron chi connectivity index (χ1n) is 34.4. The first kappa shape index (κ1) is 74.0. The smallest absolute Gasteiger partial charge is 0.338 e. The summed E-state index contributed by atoms with van der Waals surface area (Å²) in [7, 11) is -4.81. The van der Waals surface area contributed by atoms with Crippen molar-refractivity contribution in [2.45, 2.75) is 295 Å². The Morgan fingerprint density at radius 2 is 1.21 bits per heavy atom. The van der Waals surface area contributed by atoms with E-state index in [9.17, 15) is 19.5 Å². The van der Waals surface area contributed by atoms with Crippen molar-refractivity contribution in [3.63, 3.8) is 0 Å². The highest BCUT2D eigenvalue weighted by Crippen LogP contribution is 2.69. The topological polar surface area (TPSA) is 185 Å². The van der Waals surface area contributed by atoms with Crippen LogP contribution in [0.2, 0.25) is 72.5 Å². The fourth-order valence-corrected chi connectivity index (χ4v) is 26.6. The summed E-state index contributed by atoms with van der Waals surface area (Å²) in [5.74, 6) is -1.57. The predicted octanol–water partition coefficient (Wildman–Crippen LogP) is 14.2. The fourth-order valence-electron chi connectivity index (χ4n) is 16.7. The van der Waals surface area contributed by atoms with E-state index in [1.165, 1.54) is 24.7 Å². The molecule has 0 radical (unpaired) electrons. The van der Waals surface area contributed by atoms with E-state index in [0.717, 1.165) is 86.5 Å². The van der Waals surface area contributed by atoms with Crippen molar-refractivity contribution in [2.75, 3.05) is 34.5 Å². The van der Waals surface area contributed by atoms with E-state index in [-0.39, 0.29) is 47.5 Å². The molecule has 17 atom stereocenters. The third-order valence-corrected chi connectivity index (χ3v) is 42.9. The van der Waals surface area contributed by atoms with Gasteiger partial charge in [-0.15, -0.1) is 0 Å². The molecule has 21 heteroatoms. The monoisotopic (exact) mass is 1320 g/mol. The summed E-state index contributed by atoms with van der Waals surface area (Å²) >= 11 is 0. The van der Waals surface area contributed by atoms with Gasteiger partial charge in [0.05, 0.1) is 57.2 Å². The van der Waals surface area contributed by atoms with E-state index in [1.54, 1.807) is 45.3 Å². The highest BCUT2D eigenvalue weighted by Gasteiger charge is 2.71. The Hall–Kier alpha value is -2.36. The third-order valence-electron chi connectivity index (χ3n) is 24.4. The quantitative estimate of drug-likeness (QED) is 0.0361. The second kappa shape index (κ2) is 29.7. The number of esters is 2. The number of nitrogens with zero attached hydrogens (tertiary/aromatic N) is 1. The Morgan fingerprint density at radius 1 is 0.697 bits per heavy atom. The van der Waals surface area contributed by atoms with Crippen LogP contribution in [0.25, 0.3) is 0 Å². The molecule has 1 aromatic carbocycles. The number of methoxy groups -OCH3 is 1. The number of benzene rings is 1. The number of carbonyl (C=O) groups is 3. The minimum absolute atomic E-state index is 0.0326. The van der Waals surface area contributed by atoms with Gasteiger partial charge < -0.3 is 56.0 Å². The molecule has 17 nitrogen and oxygen atoms in total. The van der Waals surface area contributed by atoms with E-state index >= 15 is 0 Å². The molecule has 6 aliphatic rings. The van der Waals surface area contributed by atoms with Gasteiger partial charge in [0.25, 0.3) is 5.91 Å². The number of allylic oxidation sites excluding steroid dienone is 1. The lowest BCUT2D eigenvalue weighted by Gasteiger charge is -2.60. The van der Waals surface area contributed by atoms with Gasteiger partial charge >= 0.3 is 11.9 Å². The number of amides is 1. The van der Waals surface area contributed by atoms with Gasteiger partial charge in [0.15, 0.2) is 58.1 Å². The molecule has 89 heavy (non-hydrogen) atoms. The molecule has 0 bridgehead atoms. The molecule has 0 unspecified atom stereocenters. The zero-order valence-corrected chi connectivity index (χ0v) is 62.7. The van der Waals surface area contributed by atoms with Gasteiger partial charge in [-0.2, -0.15) is 0 Å². The highest BCUT2D eigenvalue weighted by atomic mass is 28.4. The van der Waals surface area contributed by atoms with Crippen LogP contribution in [0.3, 0.4) is 0 Å². The van der Waals surface area contributed by atoms with E-state index in [1.807, 2.05) is 0 Å². The Morgan fingerprint density at radius 3 is 1.72 bits per heavy atom. The SMILES string of the molecule is CC[Si](CC)(CC)O[C@@H]1[C@@H](OC(=O)c2ccc(OC)cc2)[C@H](O[C@@H]2[C@@H](OC(C)=O)[C@H](O[C@H]3C[C@H]4[C@@H]5CC=C6C[C@@H](O[Si](C)(C)C(C)(C)C)CC[C@]6(C)[C@H]5CC[C@]4(C)[C@@]3(O)[C@H](C)C(=O)N(C)OC)OC[C@@H]2O[Si](CC)(CC)CC)OC[C@H]1O[Si](CC)(CC)CC. The molecular weight excluding hydrogens is 1200 g/mol. The molecule has 2 aliphatic heterocycles. The largest absolute Gasteiger partial charge is 0.497 e. The summed E-state index contributed by atoms with van der Waals surface area (Å²) in [6.07, 6.45) is -1.04. The summed E-state index contributed by atoms with van der Waals surface area (Å²) < 4.78 is 77.0. The van der Waals surface area contributed by atoms with Crippen molar-refractivity contribution >= 4 is 51.1 Å². The van der Waals surface area contributed by atoms with E-state index < -0.39 is 117 Å². The molecule has 2 saturated heterocycles. The molecule has 0 aromatic heterocycles. The molecule has 5 fully saturated rings. The normalized spacial score (nSPS) is 33.9. The van der Waals surface area contributed by atoms with Crippen LogP contribution in [0.4, 0.5) is 0 Å². The zero-order chi connectivity index (χ0) is 65.9. The maximum Gasteiger partial charge on any atom is 0.338 e. The van der Waals surface area contributed by atoms with Gasteiger partial charge in [0.2, 0.25) is 0 Å². The average molecular weight is 1320 g/mol. The van der Waals surface area contributed by atoms with Gasteiger partial charge in [-0.1, -0.05) is 116 Å². The third kappa shape index (κ3) is 14.7. The molecular formula is C68H119NO16Si4. The lowest BCUT2D eigenvalue weighted by atomic mass is 9.46. The Labute approximate surface area is 540 Å². The number of rotatable bonds is 28. The van der Waals surface area contributed by atoms with Gasteiger partial charge in [-0.05, 0) is 165 Å². The average Bonchev–Trinajstić information content (AvgIpc) is 1.59. The number of hydrogen-bond acceptors (Lipinski definition) is 16. The van der Waals surface area contributed by atoms with Gasteiger partial charge in [-0.25, -0.2) is 9.86 Å². The van der Waals surface area contributed by atoms with Crippen LogP contribution in [0.15, 0.2) is 35.9 Å². The highest BCUT2D eigenvalue weighted by molar-refractivity contribution is 6.75. The second-order valence-corrected chi connectivity index (χ2v) is 48.1. The van der Waals surface area contributed by atoms with E-state index in [4.69, 9.17) is 55.7 Å². The molecule has 3 saturated carbocycles. The number of ether oxygens (including phenoxy) is 7. The molecule has 4 aliphatic carbocycles. The van der Waals surface area contributed by atoms with Crippen molar-refractivity contribution in [2.24, 2.45) is 34.5 Å². The lowest BCUT2D eigenvalue weighted by Crippen LogP contribution is -2.66. The Balaban J connectivity index is 1.33. The van der Waals surface area contributed by atoms with Crippen LogP contribution >= 0.6 is 0 Å². The van der Waals surface area contributed by atoms with Gasteiger partial charge in [0, 0.05) is 25.5 Å². The van der Waals surface area contributed by atoms with Gasteiger partial charge in [-0.3, -0.25) is 14.4 Å². The van der Waals surface area contributed by atoms with E-state index in [0.29, 0.717) is 30.1 Å². The van der Waals surface area contributed by atoms with Crippen molar-refractivity contribution in [1.29, 1.82) is 0 Å². The molecule has 2 heterocycles. The number of hydroxylamine groups is 2. The summed E-state index contributed by atoms with van der Waals surface area (Å²) in [6, 6.07) is 14.3. The van der Waals surface area contributed by atoms with Crippen LogP contribution in [-0.2, 0) is 60.6 Å². The first-order chi connectivity index (χ1) is 41.9. The van der Waals surface area contributed by atoms with Gasteiger partial charge in [0.1, 0.15) is 23.6 Å². The Bertz CT molecular complexity index is 2520. The molecule has 1 N–H and O–H groups in total. The van der Waals surface area contributed by atoms with Crippen LogP contribution in [0.5, 0.6) is 5.75 Å². The number of carbonyl (C=O) groups excluding carboxylic acids is 3. The lowest BCUT2D eigenvalue weighted by molar-refractivity contribution is -0.342. The minimum atomic E-state index is -2.52. The van der Waals surface area contributed by atoms with Crippen LogP contribution in [0, 0.1) is 34.5 Å². The molecule has 1 aromatic rings. The number of aliphatic hydroxyl groups is 1. The predicted molar refractivity (Wildman–Crippen MR) is 356 cm³/mol. The summed E-state index contributed by atoms with van der Waals surface area (Å²) in [4.78, 5) is 49.0. The van der Waals surface area contributed by atoms with Crippen molar-refractivity contribution in [1.82, 2.24) is 5.06 Å². The van der Waals surface area contributed by atoms with Crippen LogP contribution < -0.4 is 4.74 Å². The summed E-state index contributed by atoms with van der Waals surface area (Å²) in [5, 5.41) is 15.4. The van der Waals surface area contributed by atoms with Crippen molar-refractivity contribution in [3.8, 4) is 5.75 Å². The molecule has 508 valence electrons. The standard InChI is InChI=1S/C68H119NO16Si4/c1-22-87(23-2,24-3)83-54-43-76-63(79-56-42-53-51-36-33-48-41-50(82-86(20,21)65(12,13)14)37-39-66(48,15)52(51)38-40-67(53,16)68(56,73)45(10)61(71)69(17)75-19)59(78-46(11)70)57(54)81-64-60(80-62(72)47-31-34-49(74-18)35-32-47)58(85-89(28-7,29-8)30-9)55(44-77-64)84-88(25-4,26-5)27-6/h31-35,45,50-60,63-64,73H,22-30,36-44H2,1-21H3/t45-,50+,51-,52+,53+,54+,55-,56+,57+,58+,59-,60-,63+,64+,66+,67+,68-/m1/s1. The van der Waals surface area contributed by atoms with Crippen LogP contribution in [0.1, 0.15) is 166 Å². The summed E-state index contributed by atoms with van der Waals surface area (Å²) in [5.41, 5.74) is -0.824. The van der Waals surface area contributed by atoms with Crippen molar-refractivity contribution in [3.05, 3.63) is 41.5 Å². The maximum absolute atomic E-state index is 14.8. The van der Waals surface area contributed by atoms with Crippen LogP contribution in [-0.4, -0.2) is 163 Å². The minimum Gasteiger partial charge on any atom is -0.497 e. The Kier molecular flexibility index (Phi) is 24.7. The summed E-state index contributed by atoms with van der Waals surface area (Å²) in [6.45, 7) is 39.0. The second-order valence-electron chi connectivity index (χ2n) is 29.2. The number of hydrogen-bond donors (Lipinski definition) is 1. The first-order valence-corrected chi connectivity index (χ1v) is 44.9. The fraction of sp³-hybridized carbons (Fsp3) is 0.838. The number of fused-ring (bicyclic) bond motifs is 5. The molecule has 1 amide bonds. The van der Waals surface area contributed by atoms with E-state index in [2.05, 4.69) is 116 Å². The molecule has 0 spiro atoms. The zero-order valence-electron chi connectivity index (χ0n) is 58.7. The maximum atomic E-state index is 14.8. The van der Waals surface area contributed by atoms with Crippen molar-refractivity contribution < 1.29 is 75.2 Å². The molecule has 7 rings (SSSR count).